The molecule has 1 aliphatic heterocycles. The molecular weight excluding hydrogens is 669 g/mol. The van der Waals surface area contributed by atoms with E-state index in [0.717, 1.165) is 16.7 Å². The second kappa shape index (κ2) is 19.2. The standard InChI is InChI=1S/C38H52N4O8Si/c1-38(2,3)51(4,5)35(44)34-32(43)33(48-26-29-17-11-7-12-18-29)31(40-41-39)36(50-34)47-24-23-46-22-21-42(25-28-15-9-6-10-16-28)37(45)49-27-30-19-13-8-14-20-30/h6-20,31-36,43-44H,21-27H2,1-5H3/t31-,32+,33-,34+,35?,36+/m1/s1. The minimum atomic E-state index is -2.46. The van der Waals surface area contributed by atoms with Crippen molar-refractivity contribution in [2.45, 2.75) is 95.0 Å². The highest BCUT2D eigenvalue weighted by Crippen LogP contribution is 2.41. The average Bonchev–Trinajstić information content (AvgIpc) is 3.12. The Labute approximate surface area is 301 Å². The lowest BCUT2D eigenvalue weighted by atomic mass is 9.97. The molecule has 51 heavy (non-hydrogen) atoms. The minimum Gasteiger partial charge on any atom is -0.445 e. The Morgan fingerprint density at radius 3 is 2.04 bits per heavy atom. The first kappa shape index (κ1) is 40.0. The summed E-state index contributed by atoms with van der Waals surface area (Å²) in [6, 6.07) is 27.5. The summed E-state index contributed by atoms with van der Waals surface area (Å²) >= 11 is 0. The summed E-state index contributed by atoms with van der Waals surface area (Å²) in [6.07, 6.45) is -4.93. The second-order valence-electron chi connectivity index (χ2n) is 14.3. The van der Waals surface area contributed by atoms with E-state index in [0.29, 0.717) is 6.54 Å². The maximum Gasteiger partial charge on any atom is 0.410 e. The van der Waals surface area contributed by atoms with Crippen LogP contribution in [-0.4, -0.2) is 92.0 Å². The van der Waals surface area contributed by atoms with Crippen molar-refractivity contribution >= 4 is 14.2 Å². The topological polar surface area (TPSA) is 156 Å². The van der Waals surface area contributed by atoms with Crippen molar-refractivity contribution in [1.29, 1.82) is 0 Å². The van der Waals surface area contributed by atoms with E-state index >= 15 is 0 Å². The molecule has 276 valence electrons. The zero-order valence-corrected chi connectivity index (χ0v) is 31.2. The number of amides is 1. The van der Waals surface area contributed by atoms with Crippen LogP contribution in [0.25, 0.3) is 10.4 Å². The number of azide groups is 1. The van der Waals surface area contributed by atoms with Gasteiger partial charge >= 0.3 is 6.09 Å². The molecule has 1 saturated heterocycles. The smallest absolute Gasteiger partial charge is 0.410 e. The predicted octanol–water partition coefficient (Wildman–Crippen LogP) is 6.62. The molecule has 1 fully saturated rings. The number of rotatable bonds is 17. The van der Waals surface area contributed by atoms with E-state index in [2.05, 4.69) is 43.9 Å². The third-order valence-corrected chi connectivity index (χ3v) is 15.4. The Balaban J connectivity index is 1.39. The van der Waals surface area contributed by atoms with Crippen molar-refractivity contribution in [3.8, 4) is 0 Å². The van der Waals surface area contributed by atoms with Gasteiger partial charge in [0.05, 0.1) is 46.3 Å². The SMILES string of the molecule is CC(C)(C)[Si](C)(C)C(O)[C@H]1O[C@H](OCCOCCN(Cc2ccccc2)C(=O)OCc2ccccc2)[C@H](N=[N+]=[N-])[C@@H](OCc2ccccc2)[C@@H]1O. The highest BCUT2D eigenvalue weighted by Gasteiger charge is 2.54. The molecule has 4 rings (SSSR count). The predicted molar refractivity (Wildman–Crippen MR) is 196 cm³/mol. The van der Waals surface area contributed by atoms with Gasteiger partial charge in [0.2, 0.25) is 0 Å². The zero-order chi connectivity index (χ0) is 36.9. The van der Waals surface area contributed by atoms with E-state index in [-0.39, 0.29) is 44.6 Å². The first-order valence-electron chi connectivity index (χ1n) is 17.3. The number of hydrogen-bond acceptors (Lipinski definition) is 9. The van der Waals surface area contributed by atoms with Crippen LogP contribution in [-0.2, 0) is 43.4 Å². The lowest BCUT2D eigenvalue weighted by molar-refractivity contribution is -0.280. The highest BCUT2D eigenvalue weighted by molar-refractivity contribution is 6.81. The number of benzene rings is 3. The van der Waals surface area contributed by atoms with Gasteiger partial charge in [-0.25, -0.2) is 4.79 Å². The average molecular weight is 721 g/mol. The van der Waals surface area contributed by atoms with Gasteiger partial charge in [0, 0.05) is 18.0 Å². The monoisotopic (exact) mass is 720 g/mol. The maximum absolute atomic E-state index is 13.1. The molecule has 0 spiro atoms. The van der Waals surface area contributed by atoms with E-state index in [1.807, 2.05) is 91.0 Å². The number of ether oxygens (including phenoxy) is 5. The third kappa shape index (κ3) is 11.4. The molecule has 3 aromatic carbocycles. The van der Waals surface area contributed by atoms with Crippen LogP contribution in [0.1, 0.15) is 37.5 Å². The fourth-order valence-electron chi connectivity index (χ4n) is 5.61. The molecule has 1 unspecified atom stereocenters. The van der Waals surface area contributed by atoms with Crippen LogP contribution in [0.2, 0.25) is 18.1 Å². The molecular formula is C38H52N4O8Si. The van der Waals surface area contributed by atoms with Crippen LogP contribution in [0.4, 0.5) is 4.79 Å². The summed E-state index contributed by atoms with van der Waals surface area (Å²) in [5.41, 5.74) is 11.2. The molecule has 3 aromatic rings. The van der Waals surface area contributed by atoms with Crippen molar-refractivity contribution in [1.82, 2.24) is 4.90 Å². The first-order valence-corrected chi connectivity index (χ1v) is 20.4. The summed E-state index contributed by atoms with van der Waals surface area (Å²) in [4.78, 5) is 17.7. The van der Waals surface area contributed by atoms with Crippen LogP contribution in [0, 0.1) is 0 Å². The van der Waals surface area contributed by atoms with Gasteiger partial charge in [-0.15, -0.1) is 0 Å². The zero-order valence-electron chi connectivity index (χ0n) is 30.2. The largest absolute Gasteiger partial charge is 0.445 e. The molecule has 6 atom stereocenters. The van der Waals surface area contributed by atoms with E-state index in [1.54, 1.807) is 4.90 Å². The number of nitrogens with zero attached hydrogens (tertiary/aromatic N) is 4. The van der Waals surface area contributed by atoms with Gasteiger partial charge in [0.15, 0.2) is 6.29 Å². The highest BCUT2D eigenvalue weighted by atomic mass is 28.3. The van der Waals surface area contributed by atoms with Crippen molar-refractivity contribution in [3.63, 3.8) is 0 Å². The van der Waals surface area contributed by atoms with Gasteiger partial charge in [-0.05, 0) is 27.3 Å². The van der Waals surface area contributed by atoms with E-state index in [1.165, 1.54) is 0 Å². The third-order valence-electron chi connectivity index (χ3n) is 9.73. The molecule has 13 heteroatoms. The number of aliphatic hydroxyl groups is 2. The van der Waals surface area contributed by atoms with Crippen LogP contribution >= 0.6 is 0 Å². The Bertz CT molecular complexity index is 1520. The normalized spacial score (nSPS) is 21.4. The molecule has 0 radical (unpaired) electrons. The van der Waals surface area contributed by atoms with Crippen LogP contribution in [0.5, 0.6) is 0 Å². The number of carbonyl (C=O) groups is 1. The fraction of sp³-hybridized carbons (Fsp3) is 0.500. The Morgan fingerprint density at radius 2 is 1.47 bits per heavy atom. The van der Waals surface area contributed by atoms with Gasteiger partial charge in [-0.3, -0.25) is 0 Å². The lowest BCUT2D eigenvalue weighted by Crippen LogP contribution is -2.66. The molecule has 1 aliphatic rings. The summed E-state index contributed by atoms with van der Waals surface area (Å²) in [6.45, 7) is 11.6. The minimum absolute atomic E-state index is 0.0453. The van der Waals surface area contributed by atoms with Gasteiger partial charge in [0.25, 0.3) is 0 Å². The van der Waals surface area contributed by atoms with E-state index in [4.69, 9.17) is 23.7 Å². The van der Waals surface area contributed by atoms with Crippen LogP contribution in [0.3, 0.4) is 0 Å². The van der Waals surface area contributed by atoms with Crippen molar-refractivity contribution in [2.24, 2.45) is 5.11 Å². The van der Waals surface area contributed by atoms with E-state index < -0.39 is 50.5 Å². The van der Waals surface area contributed by atoms with Gasteiger partial charge in [0.1, 0.15) is 24.9 Å². The van der Waals surface area contributed by atoms with Crippen molar-refractivity contribution in [2.75, 3.05) is 26.4 Å². The Kier molecular flexibility index (Phi) is 15.0. The van der Waals surface area contributed by atoms with Gasteiger partial charge in [-0.1, -0.05) is 130 Å². The maximum atomic E-state index is 13.1. The number of hydrogen-bond donors (Lipinski definition) is 2. The molecule has 2 N–H and O–H groups in total. The molecule has 12 nitrogen and oxygen atoms in total. The fourth-order valence-corrected chi connectivity index (χ4v) is 7.59. The molecule has 1 amide bonds. The summed E-state index contributed by atoms with van der Waals surface area (Å²) in [5.74, 6) is 0. The Hall–Kier alpha value is -3.78. The molecule has 1 heterocycles. The van der Waals surface area contributed by atoms with Gasteiger partial charge in [-0.2, -0.15) is 0 Å². The van der Waals surface area contributed by atoms with Crippen LogP contribution in [0.15, 0.2) is 96.1 Å². The molecule has 0 aliphatic carbocycles. The summed E-state index contributed by atoms with van der Waals surface area (Å²) in [7, 11) is -2.46. The van der Waals surface area contributed by atoms with Gasteiger partial charge < -0.3 is 38.8 Å². The second-order valence-corrected chi connectivity index (χ2v) is 19.8. The first-order chi connectivity index (χ1) is 24.4. The van der Waals surface area contributed by atoms with Crippen LogP contribution < -0.4 is 0 Å². The Morgan fingerprint density at radius 1 is 0.902 bits per heavy atom. The quantitative estimate of drug-likeness (QED) is 0.0519. The number of carbonyl (C=O) groups excluding carboxylic acids is 1. The van der Waals surface area contributed by atoms with Crippen molar-refractivity contribution < 1.29 is 38.7 Å². The lowest BCUT2D eigenvalue weighted by Gasteiger charge is -2.49. The summed E-state index contributed by atoms with van der Waals surface area (Å²) < 4.78 is 30.0. The number of aliphatic hydroxyl groups excluding tert-OH is 2. The summed E-state index contributed by atoms with van der Waals surface area (Å²) in [5, 5.41) is 27.0. The molecule has 0 aromatic heterocycles. The molecule has 0 bridgehead atoms. The van der Waals surface area contributed by atoms with Crippen molar-refractivity contribution in [3.05, 3.63) is 118 Å². The molecule has 0 saturated carbocycles. The van der Waals surface area contributed by atoms with E-state index in [9.17, 15) is 20.5 Å².